The van der Waals surface area contributed by atoms with Crippen LogP contribution in [0.3, 0.4) is 0 Å². The summed E-state index contributed by atoms with van der Waals surface area (Å²) in [6, 6.07) is 4.38. The van der Waals surface area contributed by atoms with Gasteiger partial charge in [-0.1, -0.05) is 12.8 Å². The average Bonchev–Trinajstić information content (AvgIpc) is 2.38. The molecule has 0 heterocycles. The molecule has 1 aromatic carbocycles. The van der Waals surface area contributed by atoms with E-state index in [9.17, 15) is 9.59 Å². The first-order valence-electron chi connectivity index (χ1n) is 6.33. The molecule has 20 heavy (non-hydrogen) atoms. The number of amides is 2. The SMILES string of the molecule is C#CCN(CCC)C(=O)Nc1ccc(C(=O)O)c(C)c1. The van der Waals surface area contributed by atoms with Gasteiger partial charge in [0.1, 0.15) is 0 Å². The molecule has 2 N–H and O–H groups in total. The van der Waals surface area contributed by atoms with Gasteiger partial charge in [-0.15, -0.1) is 6.42 Å². The van der Waals surface area contributed by atoms with Gasteiger partial charge in [-0.25, -0.2) is 9.59 Å². The second-order valence-electron chi connectivity index (χ2n) is 4.39. The van der Waals surface area contributed by atoms with Crippen molar-refractivity contribution in [1.29, 1.82) is 0 Å². The summed E-state index contributed by atoms with van der Waals surface area (Å²) in [5.74, 6) is 1.46. The van der Waals surface area contributed by atoms with Gasteiger partial charge >= 0.3 is 12.0 Å². The van der Waals surface area contributed by atoms with Crippen LogP contribution < -0.4 is 5.32 Å². The van der Waals surface area contributed by atoms with Crippen molar-refractivity contribution in [3.8, 4) is 12.3 Å². The lowest BCUT2D eigenvalue weighted by Gasteiger charge is -2.20. The fraction of sp³-hybridized carbons (Fsp3) is 0.333. The van der Waals surface area contributed by atoms with E-state index in [4.69, 9.17) is 11.5 Å². The Morgan fingerprint density at radius 3 is 2.65 bits per heavy atom. The molecule has 5 nitrogen and oxygen atoms in total. The largest absolute Gasteiger partial charge is 0.478 e. The van der Waals surface area contributed by atoms with Crippen LogP contribution in [0.2, 0.25) is 0 Å². The smallest absolute Gasteiger partial charge is 0.335 e. The molecule has 5 heteroatoms. The van der Waals surface area contributed by atoms with Crippen molar-refractivity contribution in [1.82, 2.24) is 4.90 Å². The number of benzene rings is 1. The van der Waals surface area contributed by atoms with E-state index in [2.05, 4.69) is 11.2 Å². The zero-order valence-electron chi connectivity index (χ0n) is 11.6. The number of nitrogens with one attached hydrogen (secondary N) is 1. The van der Waals surface area contributed by atoms with Gasteiger partial charge in [-0.2, -0.15) is 0 Å². The summed E-state index contributed by atoms with van der Waals surface area (Å²) >= 11 is 0. The summed E-state index contributed by atoms with van der Waals surface area (Å²) in [5, 5.41) is 11.7. The van der Waals surface area contributed by atoms with Crippen molar-refractivity contribution in [2.24, 2.45) is 0 Å². The molecule has 0 saturated carbocycles. The number of carbonyl (C=O) groups is 2. The number of nitrogens with zero attached hydrogens (tertiary/aromatic N) is 1. The predicted molar refractivity (Wildman–Crippen MR) is 77.9 cm³/mol. The highest BCUT2D eigenvalue weighted by molar-refractivity contribution is 5.92. The van der Waals surface area contributed by atoms with Gasteiger partial charge in [-0.3, -0.25) is 0 Å². The molecule has 0 bridgehead atoms. The minimum atomic E-state index is -0.986. The Hall–Kier alpha value is -2.48. The molecule has 0 fully saturated rings. The number of anilines is 1. The molecule has 0 radical (unpaired) electrons. The van der Waals surface area contributed by atoms with Gasteiger partial charge in [0.2, 0.25) is 0 Å². The molecule has 1 rings (SSSR count). The van der Waals surface area contributed by atoms with Crippen LogP contribution in [-0.2, 0) is 0 Å². The molecule has 2 amide bonds. The lowest BCUT2D eigenvalue weighted by molar-refractivity contribution is 0.0696. The zero-order chi connectivity index (χ0) is 15.1. The molecule has 1 aromatic rings. The molecule has 106 valence electrons. The van der Waals surface area contributed by atoms with Crippen LogP contribution in [0.1, 0.15) is 29.3 Å². The van der Waals surface area contributed by atoms with Crippen molar-refractivity contribution >= 4 is 17.7 Å². The molecule has 0 saturated heterocycles. The number of carboxylic acids is 1. The summed E-state index contributed by atoms with van der Waals surface area (Å²) in [5.41, 5.74) is 1.36. The fourth-order valence-corrected chi connectivity index (χ4v) is 1.82. The van der Waals surface area contributed by atoms with Crippen molar-refractivity contribution < 1.29 is 14.7 Å². The molecular weight excluding hydrogens is 256 g/mol. The molecule has 0 aliphatic rings. The Morgan fingerprint density at radius 2 is 2.15 bits per heavy atom. The van der Waals surface area contributed by atoms with Crippen molar-refractivity contribution in [2.75, 3.05) is 18.4 Å². The van der Waals surface area contributed by atoms with E-state index < -0.39 is 5.97 Å². The highest BCUT2D eigenvalue weighted by Gasteiger charge is 2.13. The lowest BCUT2D eigenvalue weighted by atomic mass is 10.1. The van der Waals surface area contributed by atoms with Crippen LogP contribution >= 0.6 is 0 Å². The Balaban J connectivity index is 2.82. The highest BCUT2D eigenvalue weighted by Crippen LogP contribution is 2.15. The van der Waals surface area contributed by atoms with Crippen LogP contribution in [0, 0.1) is 19.3 Å². The summed E-state index contributed by atoms with van der Waals surface area (Å²) in [6.07, 6.45) is 6.04. The Morgan fingerprint density at radius 1 is 1.45 bits per heavy atom. The Kier molecular flexibility index (Phi) is 5.60. The number of aromatic carboxylic acids is 1. The predicted octanol–water partition coefficient (Wildman–Crippen LogP) is 2.57. The Bertz CT molecular complexity index is 547. The van der Waals surface area contributed by atoms with Crippen LogP contribution in [-0.4, -0.2) is 35.1 Å². The lowest BCUT2D eigenvalue weighted by Crippen LogP contribution is -2.35. The fourth-order valence-electron chi connectivity index (χ4n) is 1.82. The van der Waals surface area contributed by atoms with Crippen LogP contribution in [0.5, 0.6) is 0 Å². The summed E-state index contributed by atoms with van der Waals surface area (Å²) in [7, 11) is 0. The third-order valence-corrected chi connectivity index (χ3v) is 2.77. The van der Waals surface area contributed by atoms with Crippen LogP contribution in [0.4, 0.5) is 10.5 Å². The number of terminal acetylenes is 1. The molecule has 0 aliphatic heterocycles. The van der Waals surface area contributed by atoms with Gasteiger partial charge in [-0.05, 0) is 37.1 Å². The van der Waals surface area contributed by atoms with Gasteiger partial charge in [0.15, 0.2) is 0 Å². The quantitative estimate of drug-likeness (QED) is 0.811. The maximum Gasteiger partial charge on any atom is 0.335 e. The zero-order valence-corrected chi connectivity index (χ0v) is 11.6. The summed E-state index contributed by atoms with van der Waals surface area (Å²) in [6.45, 7) is 4.46. The molecule has 0 unspecified atom stereocenters. The molecule has 0 atom stereocenters. The summed E-state index contributed by atoms with van der Waals surface area (Å²) < 4.78 is 0. The molecule has 0 aliphatic carbocycles. The van der Waals surface area contributed by atoms with Gasteiger partial charge < -0.3 is 15.3 Å². The first-order valence-corrected chi connectivity index (χ1v) is 6.33. The van der Waals surface area contributed by atoms with E-state index in [1.807, 2.05) is 6.92 Å². The number of carbonyl (C=O) groups excluding carboxylic acids is 1. The summed E-state index contributed by atoms with van der Waals surface area (Å²) in [4.78, 5) is 24.5. The van der Waals surface area contributed by atoms with Gasteiger partial charge in [0.05, 0.1) is 12.1 Å². The monoisotopic (exact) mass is 274 g/mol. The molecule has 0 spiro atoms. The van der Waals surface area contributed by atoms with Gasteiger partial charge in [0, 0.05) is 12.2 Å². The van der Waals surface area contributed by atoms with E-state index in [0.29, 0.717) is 17.8 Å². The van der Waals surface area contributed by atoms with E-state index in [0.717, 1.165) is 6.42 Å². The topological polar surface area (TPSA) is 69.6 Å². The number of urea groups is 1. The standard InChI is InChI=1S/C15H18N2O3/c1-4-8-17(9-5-2)15(20)16-12-6-7-13(14(18)19)11(3)10-12/h1,6-7,10H,5,8-9H2,2-3H3,(H,16,20)(H,18,19). The minimum Gasteiger partial charge on any atom is -0.478 e. The normalized spacial score (nSPS) is 9.65. The average molecular weight is 274 g/mol. The number of aryl methyl sites for hydroxylation is 1. The van der Waals surface area contributed by atoms with E-state index in [1.165, 1.54) is 11.0 Å². The van der Waals surface area contributed by atoms with Crippen LogP contribution in [0.15, 0.2) is 18.2 Å². The number of rotatable bonds is 5. The van der Waals surface area contributed by atoms with Crippen LogP contribution in [0.25, 0.3) is 0 Å². The number of hydrogen-bond donors (Lipinski definition) is 2. The second-order valence-corrected chi connectivity index (χ2v) is 4.39. The molecular formula is C15H18N2O3. The van der Waals surface area contributed by atoms with E-state index in [1.54, 1.807) is 19.1 Å². The molecule has 0 aromatic heterocycles. The highest BCUT2D eigenvalue weighted by atomic mass is 16.4. The maximum atomic E-state index is 12.0. The Labute approximate surface area is 118 Å². The first-order chi connectivity index (χ1) is 9.49. The first kappa shape index (κ1) is 15.6. The maximum absolute atomic E-state index is 12.0. The third kappa shape index (κ3) is 4.02. The third-order valence-electron chi connectivity index (χ3n) is 2.77. The minimum absolute atomic E-state index is 0.219. The number of carboxylic acid groups (broad SMARTS) is 1. The number of hydrogen-bond acceptors (Lipinski definition) is 2. The van der Waals surface area contributed by atoms with Gasteiger partial charge in [0.25, 0.3) is 0 Å². The second kappa shape index (κ2) is 7.19. The van der Waals surface area contributed by atoms with Crippen molar-refractivity contribution in [3.63, 3.8) is 0 Å². The van der Waals surface area contributed by atoms with Crippen molar-refractivity contribution in [3.05, 3.63) is 29.3 Å². The van der Waals surface area contributed by atoms with E-state index in [-0.39, 0.29) is 18.1 Å². The van der Waals surface area contributed by atoms with E-state index >= 15 is 0 Å². The van der Waals surface area contributed by atoms with Crippen molar-refractivity contribution in [2.45, 2.75) is 20.3 Å².